The van der Waals surface area contributed by atoms with Gasteiger partial charge in [0.1, 0.15) is 0 Å². The molecule has 1 aromatic carbocycles. The molecule has 0 aliphatic heterocycles. The van der Waals surface area contributed by atoms with Gasteiger partial charge in [0.15, 0.2) is 9.84 Å². The number of hydrogen-bond donors (Lipinski definition) is 1. The average Bonchev–Trinajstić information content (AvgIpc) is 2.15. The van der Waals surface area contributed by atoms with E-state index in [1.165, 1.54) is 12.3 Å². The molecule has 0 aliphatic rings. The molecule has 0 atom stereocenters. The van der Waals surface area contributed by atoms with Gasteiger partial charge in [0.25, 0.3) is 0 Å². The lowest BCUT2D eigenvalue weighted by Crippen LogP contribution is -2.31. The van der Waals surface area contributed by atoms with Crippen molar-refractivity contribution in [3.8, 4) is 0 Å². The lowest BCUT2D eigenvalue weighted by molar-refractivity contribution is -0.816. The zero-order chi connectivity index (χ0) is 13.3. The van der Waals surface area contributed by atoms with Crippen LogP contribution < -0.4 is 0 Å². The fraction of sp³-hybridized carbons (Fsp3) is 0.417. The van der Waals surface area contributed by atoms with Gasteiger partial charge in [0.2, 0.25) is 11.8 Å². The van der Waals surface area contributed by atoms with Gasteiger partial charge in [0.05, 0.1) is 10.5 Å². The van der Waals surface area contributed by atoms with Gasteiger partial charge in [-0.3, -0.25) is 5.21 Å². The number of hydroxylamine groups is 1. The summed E-state index contributed by atoms with van der Waals surface area (Å²) in [5.74, 6) is 0. The topological polar surface area (TPSA) is 57.4 Å². The lowest BCUT2D eigenvalue weighted by atomic mass is 10.1. The van der Waals surface area contributed by atoms with Crippen LogP contribution in [0.5, 0.6) is 0 Å². The maximum atomic E-state index is 11.6. The molecule has 0 saturated carbocycles. The Kier molecular flexibility index (Phi) is 3.62. The third kappa shape index (κ3) is 3.56. The molecule has 0 radical (unpaired) electrons. The van der Waals surface area contributed by atoms with Crippen LogP contribution in [0.1, 0.15) is 26.3 Å². The molecule has 4 nitrogen and oxygen atoms in total. The minimum atomic E-state index is -3.29. The SMILES string of the molecule is CC(C)(C)/[N+](O)=C/c1ccccc1S(C)(=O)=O. The highest BCUT2D eigenvalue weighted by molar-refractivity contribution is 7.90. The van der Waals surface area contributed by atoms with Crippen LogP contribution in [0.3, 0.4) is 0 Å². The molecule has 17 heavy (non-hydrogen) atoms. The Hall–Kier alpha value is -1.36. The van der Waals surface area contributed by atoms with Crippen molar-refractivity contribution in [1.29, 1.82) is 0 Å². The van der Waals surface area contributed by atoms with Crippen molar-refractivity contribution in [1.82, 2.24) is 0 Å². The molecular formula is C12H18NO3S+. The van der Waals surface area contributed by atoms with Gasteiger partial charge in [-0.2, -0.15) is 0 Å². The fourth-order valence-electron chi connectivity index (χ4n) is 1.25. The maximum absolute atomic E-state index is 11.6. The third-order valence-electron chi connectivity index (χ3n) is 2.27. The Morgan fingerprint density at radius 3 is 2.24 bits per heavy atom. The minimum Gasteiger partial charge on any atom is -0.290 e. The van der Waals surface area contributed by atoms with Gasteiger partial charge in [-0.1, -0.05) is 12.1 Å². The van der Waals surface area contributed by atoms with E-state index in [-0.39, 0.29) is 4.90 Å². The zero-order valence-electron chi connectivity index (χ0n) is 10.5. The summed E-state index contributed by atoms with van der Waals surface area (Å²) >= 11 is 0. The van der Waals surface area contributed by atoms with Gasteiger partial charge in [0, 0.05) is 27.0 Å². The quantitative estimate of drug-likeness (QED) is 0.379. The highest BCUT2D eigenvalue weighted by atomic mass is 32.2. The van der Waals surface area contributed by atoms with Gasteiger partial charge in [-0.25, -0.2) is 8.42 Å². The summed E-state index contributed by atoms with van der Waals surface area (Å²) in [6, 6.07) is 6.58. The van der Waals surface area contributed by atoms with Crippen LogP contribution in [-0.4, -0.2) is 36.4 Å². The van der Waals surface area contributed by atoms with Crippen molar-refractivity contribution >= 4 is 16.1 Å². The number of nitrogens with zero attached hydrogens (tertiary/aromatic N) is 1. The van der Waals surface area contributed by atoms with Crippen LogP contribution in [0.2, 0.25) is 0 Å². The van der Waals surface area contributed by atoms with E-state index in [9.17, 15) is 13.6 Å². The Morgan fingerprint density at radius 1 is 1.24 bits per heavy atom. The summed E-state index contributed by atoms with van der Waals surface area (Å²) in [5, 5.41) is 9.81. The summed E-state index contributed by atoms with van der Waals surface area (Å²) < 4.78 is 24.1. The van der Waals surface area contributed by atoms with Gasteiger partial charge in [-0.15, -0.1) is 0 Å². The van der Waals surface area contributed by atoms with Gasteiger partial charge < -0.3 is 0 Å². The first kappa shape index (κ1) is 13.7. The maximum Gasteiger partial charge on any atom is 0.224 e. The first-order chi connectivity index (χ1) is 7.62. The normalized spacial score (nSPS) is 13.8. The first-order valence-electron chi connectivity index (χ1n) is 5.24. The summed E-state index contributed by atoms with van der Waals surface area (Å²) in [7, 11) is -3.29. The number of benzene rings is 1. The van der Waals surface area contributed by atoms with Crippen molar-refractivity contribution in [3.63, 3.8) is 0 Å². The van der Waals surface area contributed by atoms with Crippen molar-refractivity contribution in [2.75, 3.05) is 6.26 Å². The molecule has 0 heterocycles. The molecular weight excluding hydrogens is 238 g/mol. The second-order valence-electron chi connectivity index (χ2n) is 4.95. The minimum absolute atomic E-state index is 0.211. The molecule has 1 aromatic rings. The highest BCUT2D eigenvalue weighted by Gasteiger charge is 2.25. The van der Waals surface area contributed by atoms with Crippen molar-refractivity contribution in [3.05, 3.63) is 29.8 Å². The molecule has 0 unspecified atom stereocenters. The van der Waals surface area contributed by atoms with Gasteiger partial charge >= 0.3 is 0 Å². The third-order valence-corrected chi connectivity index (χ3v) is 3.44. The largest absolute Gasteiger partial charge is 0.290 e. The van der Waals surface area contributed by atoms with Crippen LogP contribution >= 0.6 is 0 Å². The Morgan fingerprint density at radius 2 is 1.76 bits per heavy atom. The van der Waals surface area contributed by atoms with E-state index in [0.717, 1.165) is 11.0 Å². The molecule has 0 spiro atoms. The highest BCUT2D eigenvalue weighted by Crippen LogP contribution is 2.14. The summed E-state index contributed by atoms with van der Waals surface area (Å²) in [5.41, 5.74) is -0.00244. The summed E-state index contributed by atoms with van der Waals surface area (Å²) in [4.78, 5) is 0.211. The standard InChI is InChI=1S/C12H18NO3S/c1-12(2,3)13(14)9-10-7-5-6-8-11(10)17(4,15)16/h5-9,14H,1-4H3/q+1/b13-9-. The molecule has 0 bridgehead atoms. The molecule has 0 saturated heterocycles. The lowest BCUT2D eigenvalue weighted by Gasteiger charge is -2.10. The van der Waals surface area contributed by atoms with E-state index < -0.39 is 15.4 Å². The monoisotopic (exact) mass is 256 g/mol. The summed E-state index contributed by atoms with van der Waals surface area (Å²) in [6.45, 7) is 5.48. The summed E-state index contributed by atoms with van der Waals surface area (Å²) in [6.07, 6.45) is 2.58. The van der Waals surface area contributed by atoms with E-state index in [1.54, 1.807) is 18.2 Å². The Balaban J connectivity index is 3.35. The molecule has 94 valence electrons. The van der Waals surface area contributed by atoms with Crippen LogP contribution in [0, 0.1) is 0 Å². The second kappa shape index (κ2) is 4.49. The smallest absolute Gasteiger partial charge is 0.224 e. The van der Waals surface area contributed by atoms with Crippen molar-refractivity contribution in [2.45, 2.75) is 31.2 Å². The van der Waals surface area contributed by atoms with E-state index in [4.69, 9.17) is 0 Å². The average molecular weight is 256 g/mol. The van der Waals surface area contributed by atoms with E-state index in [2.05, 4.69) is 0 Å². The molecule has 1 N–H and O–H groups in total. The predicted molar refractivity (Wildman–Crippen MR) is 66.5 cm³/mol. The van der Waals surface area contributed by atoms with Crippen LogP contribution in [-0.2, 0) is 9.84 Å². The molecule has 0 fully saturated rings. The van der Waals surface area contributed by atoms with Gasteiger partial charge in [-0.05, 0) is 16.9 Å². The fourth-order valence-corrected chi connectivity index (χ4v) is 2.12. The van der Waals surface area contributed by atoms with Crippen LogP contribution in [0.4, 0.5) is 0 Å². The molecule has 0 aromatic heterocycles. The Labute approximate surface area is 102 Å². The van der Waals surface area contributed by atoms with E-state index in [1.807, 2.05) is 20.8 Å². The molecule has 0 amide bonds. The van der Waals surface area contributed by atoms with E-state index in [0.29, 0.717) is 5.56 Å². The number of rotatable bonds is 2. The molecule has 1 rings (SSSR count). The van der Waals surface area contributed by atoms with Crippen LogP contribution in [0.25, 0.3) is 0 Å². The number of sulfone groups is 1. The first-order valence-corrected chi connectivity index (χ1v) is 7.13. The molecule has 0 aliphatic carbocycles. The molecule has 5 heteroatoms. The second-order valence-corrected chi connectivity index (χ2v) is 6.94. The van der Waals surface area contributed by atoms with Crippen LogP contribution in [0.15, 0.2) is 29.2 Å². The number of hydrogen-bond acceptors (Lipinski definition) is 3. The Bertz CT molecular complexity index is 539. The van der Waals surface area contributed by atoms with Crippen molar-refractivity contribution in [2.24, 2.45) is 0 Å². The predicted octanol–water partition coefficient (Wildman–Crippen LogP) is 1.71. The van der Waals surface area contributed by atoms with Crippen molar-refractivity contribution < 1.29 is 18.4 Å². The zero-order valence-corrected chi connectivity index (χ0v) is 11.3. The van der Waals surface area contributed by atoms with E-state index >= 15 is 0 Å².